The largest absolute Gasteiger partial charge is 0.0687 e. The van der Waals surface area contributed by atoms with Gasteiger partial charge in [-0.25, -0.2) is 0 Å². The summed E-state index contributed by atoms with van der Waals surface area (Å²) in [5.74, 6) is 0.759. The SMILES string of the molecule is CC1C(C[Si](C)(C)C(C)(C)C)=CC2=C1CCCC2. The monoisotopic (exact) mass is 262 g/mol. The number of allylic oxidation sites excluding steroid dienone is 4. The van der Waals surface area contributed by atoms with Crippen molar-refractivity contribution in [1.29, 1.82) is 0 Å². The summed E-state index contributed by atoms with van der Waals surface area (Å²) in [5.41, 5.74) is 5.26. The number of hydrogen-bond acceptors (Lipinski definition) is 0. The Balaban J connectivity index is 2.14. The molecule has 0 aliphatic heterocycles. The zero-order valence-electron chi connectivity index (χ0n) is 13.2. The summed E-state index contributed by atoms with van der Waals surface area (Å²) in [5, 5.41) is 0.511. The summed E-state index contributed by atoms with van der Waals surface area (Å²) in [6.07, 6.45) is 8.13. The molecule has 0 amide bonds. The van der Waals surface area contributed by atoms with E-state index in [9.17, 15) is 0 Å². The maximum absolute atomic E-state index is 2.58. The molecule has 0 aromatic rings. The first kappa shape index (κ1) is 14.1. The Morgan fingerprint density at radius 1 is 1.17 bits per heavy atom. The average Bonchev–Trinajstić information content (AvgIpc) is 2.54. The van der Waals surface area contributed by atoms with Crippen molar-refractivity contribution in [1.82, 2.24) is 0 Å². The summed E-state index contributed by atoms with van der Waals surface area (Å²) in [6.45, 7) is 14.9. The van der Waals surface area contributed by atoms with E-state index in [4.69, 9.17) is 0 Å². The van der Waals surface area contributed by atoms with E-state index in [2.05, 4.69) is 46.9 Å². The van der Waals surface area contributed by atoms with E-state index >= 15 is 0 Å². The number of rotatable bonds is 2. The van der Waals surface area contributed by atoms with E-state index in [1.54, 1.807) is 16.7 Å². The highest BCUT2D eigenvalue weighted by Crippen LogP contribution is 2.47. The van der Waals surface area contributed by atoms with Gasteiger partial charge in [0.2, 0.25) is 0 Å². The molecule has 0 fully saturated rings. The molecule has 0 bridgehead atoms. The summed E-state index contributed by atoms with van der Waals surface area (Å²) >= 11 is 0. The first-order chi connectivity index (χ1) is 8.22. The maximum atomic E-state index is 2.58. The quantitative estimate of drug-likeness (QED) is 0.540. The molecule has 2 rings (SSSR count). The fourth-order valence-corrected chi connectivity index (χ4v) is 5.12. The van der Waals surface area contributed by atoms with E-state index in [-0.39, 0.29) is 0 Å². The van der Waals surface area contributed by atoms with E-state index in [1.165, 1.54) is 31.7 Å². The fraction of sp³-hybridized carbons (Fsp3) is 0.765. The van der Waals surface area contributed by atoms with Gasteiger partial charge in [-0.2, -0.15) is 0 Å². The van der Waals surface area contributed by atoms with Crippen LogP contribution in [0, 0.1) is 5.92 Å². The minimum Gasteiger partial charge on any atom is -0.0687 e. The van der Waals surface area contributed by atoms with Gasteiger partial charge >= 0.3 is 0 Å². The molecule has 0 radical (unpaired) electrons. The van der Waals surface area contributed by atoms with Crippen molar-refractivity contribution in [3.05, 3.63) is 22.8 Å². The minimum absolute atomic E-state index is 0.511. The van der Waals surface area contributed by atoms with Crippen LogP contribution in [0.3, 0.4) is 0 Å². The molecule has 0 saturated heterocycles. The van der Waals surface area contributed by atoms with E-state index < -0.39 is 8.07 Å². The molecule has 0 aromatic heterocycles. The highest BCUT2D eigenvalue weighted by atomic mass is 28.3. The topological polar surface area (TPSA) is 0 Å². The fourth-order valence-electron chi connectivity index (χ4n) is 3.16. The summed E-state index contributed by atoms with van der Waals surface area (Å²) in [6, 6.07) is 1.39. The van der Waals surface area contributed by atoms with Crippen LogP contribution >= 0.6 is 0 Å². The van der Waals surface area contributed by atoms with E-state index in [0.717, 1.165) is 5.92 Å². The molecule has 0 N–H and O–H groups in total. The van der Waals surface area contributed by atoms with Crippen LogP contribution in [0.25, 0.3) is 0 Å². The van der Waals surface area contributed by atoms with Gasteiger partial charge in [0, 0.05) is 0 Å². The predicted molar refractivity (Wildman–Crippen MR) is 84.7 cm³/mol. The molecule has 18 heavy (non-hydrogen) atoms. The van der Waals surface area contributed by atoms with Gasteiger partial charge in [0.25, 0.3) is 0 Å². The Kier molecular flexibility index (Phi) is 3.66. The van der Waals surface area contributed by atoms with Crippen LogP contribution in [0.15, 0.2) is 22.8 Å². The highest BCUT2D eigenvalue weighted by Gasteiger charge is 2.38. The van der Waals surface area contributed by atoms with Gasteiger partial charge in [-0.15, -0.1) is 0 Å². The molecule has 0 heterocycles. The molecule has 1 atom stereocenters. The first-order valence-corrected chi connectivity index (χ1v) is 10.9. The third-order valence-corrected chi connectivity index (χ3v) is 11.0. The van der Waals surface area contributed by atoms with Gasteiger partial charge in [0.1, 0.15) is 0 Å². The van der Waals surface area contributed by atoms with Gasteiger partial charge in [-0.3, -0.25) is 0 Å². The zero-order chi connectivity index (χ0) is 13.6. The first-order valence-electron chi connectivity index (χ1n) is 7.65. The Morgan fingerprint density at radius 3 is 2.33 bits per heavy atom. The van der Waals surface area contributed by atoms with Gasteiger partial charge in [0.05, 0.1) is 8.07 Å². The molecule has 1 unspecified atom stereocenters. The van der Waals surface area contributed by atoms with Crippen molar-refractivity contribution in [3.8, 4) is 0 Å². The van der Waals surface area contributed by atoms with Gasteiger partial charge in [-0.05, 0) is 48.3 Å². The lowest BCUT2D eigenvalue weighted by Crippen LogP contribution is -2.37. The molecular weight excluding hydrogens is 232 g/mol. The smallest absolute Gasteiger partial charge is 0.0568 e. The molecule has 0 nitrogen and oxygen atoms in total. The van der Waals surface area contributed by atoms with Gasteiger partial charge < -0.3 is 0 Å². The highest BCUT2D eigenvalue weighted by molar-refractivity contribution is 6.80. The predicted octanol–water partition coefficient (Wildman–Crippen LogP) is 5.94. The standard InChI is InChI=1S/C17H30Si/c1-13-15(12-18(5,6)17(2,3)4)11-14-9-7-8-10-16(13)14/h11,13H,7-10,12H2,1-6H3. The van der Waals surface area contributed by atoms with Crippen molar-refractivity contribution < 1.29 is 0 Å². The number of hydrogen-bond donors (Lipinski definition) is 0. The van der Waals surface area contributed by atoms with Crippen molar-refractivity contribution >= 4 is 8.07 Å². The second-order valence-corrected chi connectivity index (χ2v) is 13.6. The second-order valence-electron chi connectivity index (χ2n) is 8.01. The van der Waals surface area contributed by atoms with Crippen LogP contribution in [0.1, 0.15) is 53.4 Å². The summed E-state index contributed by atoms with van der Waals surface area (Å²) in [7, 11) is -1.17. The third-order valence-electron chi connectivity index (χ3n) is 5.67. The lowest BCUT2D eigenvalue weighted by atomic mass is 9.88. The Labute approximate surface area is 115 Å². The van der Waals surface area contributed by atoms with Gasteiger partial charge in [-0.1, -0.05) is 58.0 Å². The zero-order valence-corrected chi connectivity index (χ0v) is 14.2. The van der Waals surface area contributed by atoms with Crippen LogP contribution in [-0.2, 0) is 0 Å². The van der Waals surface area contributed by atoms with Crippen LogP contribution in [0.5, 0.6) is 0 Å². The summed E-state index contributed by atoms with van der Waals surface area (Å²) in [4.78, 5) is 0. The molecule has 102 valence electrons. The van der Waals surface area contributed by atoms with Crippen LogP contribution < -0.4 is 0 Å². The van der Waals surface area contributed by atoms with Crippen LogP contribution in [-0.4, -0.2) is 8.07 Å². The molecular formula is C17H30Si. The molecule has 2 aliphatic carbocycles. The maximum Gasteiger partial charge on any atom is 0.0568 e. The van der Waals surface area contributed by atoms with Crippen LogP contribution in [0.2, 0.25) is 24.2 Å². The average molecular weight is 263 g/mol. The molecule has 2 aliphatic rings. The Morgan fingerprint density at radius 2 is 1.78 bits per heavy atom. The normalized spacial score (nSPS) is 25.2. The molecule has 0 saturated carbocycles. The van der Waals surface area contributed by atoms with E-state index in [0.29, 0.717) is 5.04 Å². The molecule has 0 aromatic carbocycles. The summed E-state index contributed by atoms with van der Waals surface area (Å²) < 4.78 is 0. The van der Waals surface area contributed by atoms with Crippen LogP contribution in [0.4, 0.5) is 0 Å². The Hall–Kier alpha value is -0.303. The third kappa shape index (κ3) is 2.52. The van der Waals surface area contributed by atoms with Crippen molar-refractivity contribution in [2.24, 2.45) is 5.92 Å². The van der Waals surface area contributed by atoms with Crippen molar-refractivity contribution in [2.45, 2.75) is 77.6 Å². The molecule has 0 spiro atoms. The lowest BCUT2D eigenvalue weighted by molar-refractivity contribution is 0.634. The minimum atomic E-state index is -1.17. The molecule has 1 heteroatoms. The van der Waals surface area contributed by atoms with Crippen molar-refractivity contribution in [2.75, 3.05) is 0 Å². The van der Waals surface area contributed by atoms with Gasteiger partial charge in [0.15, 0.2) is 0 Å². The van der Waals surface area contributed by atoms with E-state index in [1.807, 2.05) is 0 Å². The second kappa shape index (κ2) is 4.66. The Bertz CT molecular complexity index is 390. The van der Waals surface area contributed by atoms with Crippen molar-refractivity contribution in [3.63, 3.8) is 0 Å². The lowest BCUT2D eigenvalue weighted by Gasteiger charge is -2.38.